The van der Waals surface area contributed by atoms with Crippen LogP contribution in [-0.2, 0) is 6.42 Å². The van der Waals surface area contributed by atoms with E-state index in [9.17, 15) is 0 Å². The third kappa shape index (κ3) is 9.97. The van der Waals surface area contributed by atoms with Crippen LogP contribution in [0.5, 0.6) is 0 Å². The standard InChI is InChI=1S/C17H30N4.HI/c1-14(9-11-17(2,3)4)21-16(18-5)20-13-10-15-8-6-7-12-19-15;/h6-8,12,14H,9-11,13H2,1-5H3,(H2,18,20,21);1H. The Balaban J connectivity index is 0.00000441. The van der Waals surface area contributed by atoms with Crippen molar-refractivity contribution >= 4 is 29.9 Å². The van der Waals surface area contributed by atoms with Gasteiger partial charge in [-0.25, -0.2) is 0 Å². The van der Waals surface area contributed by atoms with Crippen molar-refractivity contribution in [3.63, 3.8) is 0 Å². The van der Waals surface area contributed by atoms with Crippen LogP contribution >= 0.6 is 24.0 Å². The van der Waals surface area contributed by atoms with Gasteiger partial charge in [0.05, 0.1) is 0 Å². The SMILES string of the molecule is CN=C(NCCc1ccccn1)NC(C)CCC(C)(C)C.I. The number of aromatic nitrogens is 1. The van der Waals surface area contributed by atoms with Gasteiger partial charge >= 0.3 is 0 Å². The number of hydrogen-bond donors (Lipinski definition) is 2. The van der Waals surface area contributed by atoms with Crippen LogP contribution in [0.1, 0.15) is 46.2 Å². The second-order valence-corrected chi connectivity index (χ2v) is 6.71. The molecule has 0 aliphatic rings. The molecule has 0 aromatic carbocycles. The van der Waals surface area contributed by atoms with Crippen LogP contribution < -0.4 is 10.6 Å². The number of nitrogens with zero attached hydrogens (tertiary/aromatic N) is 2. The lowest BCUT2D eigenvalue weighted by Gasteiger charge is -2.23. The zero-order chi connectivity index (χ0) is 15.7. The molecule has 0 bridgehead atoms. The number of guanidine groups is 1. The summed E-state index contributed by atoms with van der Waals surface area (Å²) >= 11 is 0. The van der Waals surface area contributed by atoms with Crippen LogP contribution in [0, 0.1) is 5.41 Å². The number of aliphatic imine (C=N–C) groups is 1. The van der Waals surface area contributed by atoms with Crippen molar-refractivity contribution in [2.75, 3.05) is 13.6 Å². The molecule has 0 aliphatic heterocycles. The Morgan fingerprint density at radius 2 is 2.05 bits per heavy atom. The highest BCUT2D eigenvalue weighted by molar-refractivity contribution is 14.0. The van der Waals surface area contributed by atoms with Crippen LogP contribution in [0.15, 0.2) is 29.4 Å². The first-order chi connectivity index (χ1) is 9.90. The van der Waals surface area contributed by atoms with E-state index in [-0.39, 0.29) is 24.0 Å². The summed E-state index contributed by atoms with van der Waals surface area (Å²) in [6.07, 6.45) is 5.07. The lowest BCUT2D eigenvalue weighted by atomic mass is 9.89. The molecule has 0 amide bonds. The van der Waals surface area contributed by atoms with Gasteiger partial charge in [0.2, 0.25) is 0 Å². The molecule has 126 valence electrons. The number of nitrogens with one attached hydrogen (secondary N) is 2. The largest absolute Gasteiger partial charge is 0.356 e. The highest BCUT2D eigenvalue weighted by Crippen LogP contribution is 2.21. The molecule has 1 atom stereocenters. The van der Waals surface area contributed by atoms with E-state index in [0.29, 0.717) is 11.5 Å². The van der Waals surface area contributed by atoms with Gasteiger partial charge in [-0.2, -0.15) is 0 Å². The molecule has 22 heavy (non-hydrogen) atoms. The van der Waals surface area contributed by atoms with Gasteiger partial charge in [0.25, 0.3) is 0 Å². The van der Waals surface area contributed by atoms with E-state index in [1.807, 2.05) is 31.4 Å². The molecular weight excluding hydrogens is 387 g/mol. The van der Waals surface area contributed by atoms with E-state index in [1.165, 1.54) is 6.42 Å². The summed E-state index contributed by atoms with van der Waals surface area (Å²) in [5, 5.41) is 6.79. The molecule has 5 heteroatoms. The first-order valence-electron chi connectivity index (χ1n) is 7.78. The van der Waals surface area contributed by atoms with Gasteiger partial charge in [-0.05, 0) is 37.3 Å². The lowest BCUT2D eigenvalue weighted by Crippen LogP contribution is -2.43. The lowest BCUT2D eigenvalue weighted by molar-refractivity contribution is 0.346. The Kier molecular flexibility index (Phi) is 10.4. The maximum atomic E-state index is 4.32. The maximum absolute atomic E-state index is 4.32. The zero-order valence-electron chi connectivity index (χ0n) is 14.5. The van der Waals surface area contributed by atoms with Crippen LogP contribution in [-0.4, -0.2) is 30.6 Å². The smallest absolute Gasteiger partial charge is 0.191 e. The van der Waals surface area contributed by atoms with E-state index in [4.69, 9.17) is 0 Å². The summed E-state index contributed by atoms with van der Waals surface area (Å²) in [4.78, 5) is 8.60. The van der Waals surface area contributed by atoms with E-state index in [1.54, 1.807) is 0 Å². The third-order valence-corrected chi connectivity index (χ3v) is 3.33. The van der Waals surface area contributed by atoms with Crippen molar-refractivity contribution in [3.8, 4) is 0 Å². The molecule has 1 unspecified atom stereocenters. The minimum Gasteiger partial charge on any atom is -0.356 e. The van der Waals surface area contributed by atoms with Crippen LogP contribution in [0.3, 0.4) is 0 Å². The third-order valence-electron chi connectivity index (χ3n) is 3.33. The van der Waals surface area contributed by atoms with E-state index in [0.717, 1.165) is 31.0 Å². The summed E-state index contributed by atoms with van der Waals surface area (Å²) in [6.45, 7) is 9.87. The van der Waals surface area contributed by atoms with Crippen LogP contribution in [0.25, 0.3) is 0 Å². The Labute approximate surface area is 152 Å². The van der Waals surface area contributed by atoms with Crippen molar-refractivity contribution in [2.45, 2.75) is 53.0 Å². The fraction of sp³-hybridized carbons (Fsp3) is 0.647. The Bertz CT molecular complexity index is 426. The van der Waals surface area contributed by atoms with Gasteiger partial charge < -0.3 is 10.6 Å². The van der Waals surface area contributed by atoms with Crippen LogP contribution in [0.4, 0.5) is 0 Å². The average Bonchev–Trinajstić information content (AvgIpc) is 2.44. The summed E-state index contributed by atoms with van der Waals surface area (Å²) < 4.78 is 0. The molecule has 4 nitrogen and oxygen atoms in total. The van der Waals surface area contributed by atoms with Crippen molar-refractivity contribution < 1.29 is 0 Å². The Hall–Kier alpha value is -0.850. The molecule has 0 radical (unpaired) electrons. The molecule has 1 aromatic heterocycles. The highest BCUT2D eigenvalue weighted by atomic mass is 127. The number of rotatable bonds is 6. The predicted molar refractivity (Wildman–Crippen MR) is 106 cm³/mol. The minimum atomic E-state index is 0. The summed E-state index contributed by atoms with van der Waals surface area (Å²) in [7, 11) is 1.81. The van der Waals surface area contributed by atoms with E-state index >= 15 is 0 Å². The van der Waals surface area contributed by atoms with Crippen molar-refractivity contribution in [1.82, 2.24) is 15.6 Å². The molecule has 0 saturated carbocycles. The second kappa shape index (κ2) is 10.8. The second-order valence-electron chi connectivity index (χ2n) is 6.71. The maximum Gasteiger partial charge on any atom is 0.191 e. The van der Waals surface area contributed by atoms with Gasteiger partial charge in [0, 0.05) is 37.9 Å². The highest BCUT2D eigenvalue weighted by Gasteiger charge is 2.13. The molecule has 0 saturated heterocycles. The first kappa shape index (κ1) is 21.1. The van der Waals surface area contributed by atoms with Crippen molar-refractivity contribution in [2.24, 2.45) is 10.4 Å². The Morgan fingerprint density at radius 1 is 1.32 bits per heavy atom. The zero-order valence-corrected chi connectivity index (χ0v) is 16.8. The van der Waals surface area contributed by atoms with Gasteiger partial charge in [-0.3, -0.25) is 9.98 Å². The van der Waals surface area contributed by atoms with Crippen LogP contribution in [0.2, 0.25) is 0 Å². The molecule has 0 spiro atoms. The van der Waals surface area contributed by atoms with Crippen molar-refractivity contribution in [1.29, 1.82) is 0 Å². The van der Waals surface area contributed by atoms with Crippen molar-refractivity contribution in [3.05, 3.63) is 30.1 Å². The summed E-state index contributed by atoms with van der Waals surface area (Å²) in [5.74, 6) is 0.868. The van der Waals surface area contributed by atoms with Gasteiger partial charge in [-0.15, -0.1) is 24.0 Å². The van der Waals surface area contributed by atoms with Gasteiger partial charge in [0.15, 0.2) is 5.96 Å². The molecular formula is C17H31IN4. The molecule has 0 aliphatic carbocycles. The van der Waals surface area contributed by atoms with E-state index < -0.39 is 0 Å². The quantitative estimate of drug-likeness (QED) is 0.422. The minimum absolute atomic E-state index is 0. The molecule has 1 heterocycles. The van der Waals surface area contributed by atoms with E-state index in [2.05, 4.69) is 48.3 Å². The number of hydrogen-bond acceptors (Lipinski definition) is 2. The number of halogens is 1. The summed E-state index contributed by atoms with van der Waals surface area (Å²) in [5.41, 5.74) is 1.48. The summed E-state index contributed by atoms with van der Waals surface area (Å²) in [6, 6.07) is 6.42. The average molecular weight is 418 g/mol. The van der Waals surface area contributed by atoms with Gasteiger partial charge in [-0.1, -0.05) is 26.8 Å². The molecule has 1 rings (SSSR count). The van der Waals surface area contributed by atoms with Gasteiger partial charge in [0.1, 0.15) is 0 Å². The fourth-order valence-corrected chi connectivity index (χ4v) is 2.00. The first-order valence-corrected chi connectivity index (χ1v) is 7.78. The number of pyridine rings is 1. The normalized spacial score (nSPS) is 13.2. The monoisotopic (exact) mass is 418 g/mol. The molecule has 0 fully saturated rings. The molecule has 2 N–H and O–H groups in total. The Morgan fingerprint density at radius 3 is 2.59 bits per heavy atom. The predicted octanol–water partition coefficient (Wildman–Crippen LogP) is 3.62. The molecule has 1 aromatic rings. The fourth-order valence-electron chi connectivity index (χ4n) is 2.00. The topological polar surface area (TPSA) is 49.3 Å².